The van der Waals surface area contributed by atoms with Gasteiger partial charge in [-0.15, -0.1) is 0 Å². The number of benzene rings is 1. The normalized spacial score (nSPS) is 12.3. The van der Waals surface area contributed by atoms with Crippen LogP contribution in [0.5, 0.6) is 0 Å². The van der Waals surface area contributed by atoms with Gasteiger partial charge in [0.1, 0.15) is 5.52 Å². The number of halogens is 1. The van der Waals surface area contributed by atoms with Crippen LogP contribution >= 0.6 is 22.6 Å². The zero-order chi connectivity index (χ0) is 16.6. The van der Waals surface area contributed by atoms with Crippen LogP contribution in [0.3, 0.4) is 0 Å². The van der Waals surface area contributed by atoms with Gasteiger partial charge in [0.25, 0.3) is 5.56 Å². The van der Waals surface area contributed by atoms with E-state index in [1.54, 1.807) is 31.3 Å². The Morgan fingerprint density at radius 1 is 1.30 bits per heavy atom. The minimum absolute atomic E-state index is 0.241. The highest BCUT2D eigenvalue weighted by atomic mass is 127. The van der Waals surface area contributed by atoms with Crippen LogP contribution in [0.2, 0.25) is 0 Å². The maximum atomic E-state index is 12.9. The molecule has 0 spiro atoms. The van der Waals surface area contributed by atoms with Crippen LogP contribution in [0.1, 0.15) is 18.8 Å². The predicted octanol–water partition coefficient (Wildman–Crippen LogP) is 2.42. The lowest BCUT2D eigenvalue weighted by molar-refractivity contribution is 0.190. The van der Waals surface area contributed by atoms with Crippen LogP contribution in [0.15, 0.2) is 47.4 Å². The molecule has 0 saturated carbocycles. The fraction of sp³-hybridized carbons (Fsp3) is 0.133. The fourth-order valence-electron chi connectivity index (χ4n) is 2.40. The number of nitrogens with zero attached hydrogens (tertiary/aromatic N) is 3. The molecule has 1 amide bonds. The van der Waals surface area contributed by atoms with Crippen LogP contribution in [-0.4, -0.2) is 25.4 Å². The third kappa shape index (κ3) is 2.81. The second-order valence-corrected chi connectivity index (χ2v) is 6.12. The maximum Gasteiger partial charge on any atom is 0.405 e. The molecule has 0 bridgehead atoms. The molecule has 2 aromatic heterocycles. The molecule has 0 aliphatic heterocycles. The quantitative estimate of drug-likeness (QED) is 0.633. The summed E-state index contributed by atoms with van der Waals surface area (Å²) in [5, 5.41) is 15.7. The van der Waals surface area contributed by atoms with E-state index in [0.29, 0.717) is 17.0 Å². The molecule has 2 N–H and O–H groups in total. The molecule has 0 aliphatic carbocycles. The molecule has 2 heterocycles. The largest absolute Gasteiger partial charge is 0.465 e. The Bertz CT molecular complexity index is 933. The molecule has 0 fully saturated rings. The molecule has 7 nitrogen and oxygen atoms in total. The van der Waals surface area contributed by atoms with Gasteiger partial charge >= 0.3 is 6.09 Å². The Morgan fingerprint density at radius 2 is 2.00 bits per heavy atom. The maximum absolute atomic E-state index is 12.9. The van der Waals surface area contributed by atoms with Crippen molar-refractivity contribution in [2.24, 2.45) is 0 Å². The average molecular weight is 424 g/mol. The topological polar surface area (TPSA) is 88.6 Å². The predicted molar refractivity (Wildman–Crippen MR) is 93.1 cm³/mol. The zero-order valence-corrected chi connectivity index (χ0v) is 14.3. The lowest BCUT2D eigenvalue weighted by atomic mass is 10.2. The molecule has 0 aliphatic rings. The molecule has 118 valence electrons. The SMILES string of the molecule is CC(NC(=O)O)c1nn2ccc(I)c2c(=O)n1-c1ccccc1. The van der Waals surface area contributed by atoms with Crippen molar-refractivity contribution in [3.05, 3.63) is 62.3 Å². The van der Waals surface area contributed by atoms with Gasteiger partial charge in [0.05, 0.1) is 11.7 Å². The van der Waals surface area contributed by atoms with Gasteiger partial charge in [0.15, 0.2) is 5.82 Å². The molecule has 3 rings (SSSR count). The first-order chi connectivity index (χ1) is 11.0. The van der Waals surface area contributed by atoms with Gasteiger partial charge in [0.2, 0.25) is 0 Å². The van der Waals surface area contributed by atoms with Crippen molar-refractivity contribution in [3.63, 3.8) is 0 Å². The summed E-state index contributed by atoms with van der Waals surface area (Å²) in [6.45, 7) is 1.65. The zero-order valence-electron chi connectivity index (χ0n) is 12.1. The van der Waals surface area contributed by atoms with Gasteiger partial charge in [0, 0.05) is 9.77 Å². The van der Waals surface area contributed by atoms with E-state index in [0.717, 1.165) is 3.57 Å². The van der Waals surface area contributed by atoms with Crippen molar-refractivity contribution in [1.29, 1.82) is 0 Å². The van der Waals surface area contributed by atoms with Crippen LogP contribution in [0, 0.1) is 3.57 Å². The molecular weight excluding hydrogens is 411 g/mol. The third-order valence-electron chi connectivity index (χ3n) is 3.40. The Kier molecular flexibility index (Phi) is 4.07. The number of aromatic nitrogens is 3. The number of amides is 1. The Labute approximate surface area is 144 Å². The van der Waals surface area contributed by atoms with Crippen molar-refractivity contribution in [2.75, 3.05) is 0 Å². The van der Waals surface area contributed by atoms with E-state index in [1.165, 1.54) is 9.08 Å². The van der Waals surface area contributed by atoms with Crippen molar-refractivity contribution < 1.29 is 9.90 Å². The highest BCUT2D eigenvalue weighted by Gasteiger charge is 2.20. The second kappa shape index (κ2) is 6.03. The summed E-state index contributed by atoms with van der Waals surface area (Å²) in [6, 6.07) is 10.2. The summed E-state index contributed by atoms with van der Waals surface area (Å²) in [4.78, 5) is 23.9. The Hall–Kier alpha value is -2.36. The van der Waals surface area contributed by atoms with Gasteiger partial charge in [-0.05, 0) is 47.7 Å². The Balaban J connectivity index is 2.33. The van der Waals surface area contributed by atoms with Crippen molar-refractivity contribution >= 4 is 34.2 Å². The van der Waals surface area contributed by atoms with Crippen molar-refractivity contribution in [3.8, 4) is 5.69 Å². The molecule has 8 heteroatoms. The summed E-state index contributed by atoms with van der Waals surface area (Å²) in [6.07, 6.45) is 0.513. The van der Waals surface area contributed by atoms with E-state index in [-0.39, 0.29) is 5.56 Å². The summed E-state index contributed by atoms with van der Waals surface area (Å²) < 4.78 is 3.71. The van der Waals surface area contributed by atoms with Crippen LogP contribution in [-0.2, 0) is 0 Å². The first-order valence-corrected chi connectivity index (χ1v) is 7.91. The van der Waals surface area contributed by atoms with Crippen molar-refractivity contribution in [2.45, 2.75) is 13.0 Å². The van der Waals surface area contributed by atoms with E-state index in [4.69, 9.17) is 5.11 Å². The minimum atomic E-state index is -1.17. The van der Waals surface area contributed by atoms with Gasteiger partial charge in [-0.2, -0.15) is 5.10 Å². The molecular formula is C15H13IN4O3. The molecule has 0 radical (unpaired) electrons. The standard InChI is InChI=1S/C15H13IN4O3/c1-9(17-15(22)23)13-18-19-8-7-11(16)12(19)14(21)20(13)10-5-3-2-4-6-10/h2-9,17H,1H3,(H,22,23). The van der Waals surface area contributed by atoms with Gasteiger partial charge in [-0.3, -0.25) is 9.36 Å². The molecule has 23 heavy (non-hydrogen) atoms. The van der Waals surface area contributed by atoms with Crippen LogP contribution in [0.4, 0.5) is 4.79 Å². The van der Waals surface area contributed by atoms with E-state index in [9.17, 15) is 9.59 Å². The lowest BCUT2D eigenvalue weighted by Gasteiger charge is -2.17. The first kappa shape index (κ1) is 15.5. The third-order valence-corrected chi connectivity index (χ3v) is 4.27. The van der Waals surface area contributed by atoms with Gasteiger partial charge < -0.3 is 10.4 Å². The Morgan fingerprint density at radius 3 is 2.65 bits per heavy atom. The average Bonchev–Trinajstić information content (AvgIpc) is 2.89. The molecule has 1 atom stereocenters. The summed E-state index contributed by atoms with van der Waals surface area (Å²) in [5.41, 5.74) is 0.855. The minimum Gasteiger partial charge on any atom is -0.465 e. The number of rotatable bonds is 3. The monoisotopic (exact) mass is 424 g/mol. The lowest BCUT2D eigenvalue weighted by Crippen LogP contribution is -2.33. The molecule has 1 unspecified atom stereocenters. The van der Waals surface area contributed by atoms with Crippen LogP contribution < -0.4 is 10.9 Å². The molecule has 1 aromatic carbocycles. The number of fused-ring (bicyclic) bond motifs is 1. The molecule has 0 saturated heterocycles. The number of nitrogens with one attached hydrogen (secondary N) is 1. The van der Waals surface area contributed by atoms with E-state index < -0.39 is 12.1 Å². The smallest absolute Gasteiger partial charge is 0.405 e. The number of hydrogen-bond donors (Lipinski definition) is 2. The van der Waals surface area contributed by atoms with E-state index >= 15 is 0 Å². The number of hydrogen-bond acceptors (Lipinski definition) is 3. The first-order valence-electron chi connectivity index (χ1n) is 6.83. The van der Waals surface area contributed by atoms with E-state index in [2.05, 4.69) is 33.0 Å². The summed E-state index contributed by atoms with van der Waals surface area (Å²) in [7, 11) is 0. The second-order valence-electron chi connectivity index (χ2n) is 4.96. The van der Waals surface area contributed by atoms with Gasteiger partial charge in [-0.25, -0.2) is 9.31 Å². The van der Waals surface area contributed by atoms with Crippen LogP contribution in [0.25, 0.3) is 11.2 Å². The number of para-hydroxylation sites is 1. The van der Waals surface area contributed by atoms with Crippen molar-refractivity contribution in [1.82, 2.24) is 19.5 Å². The highest BCUT2D eigenvalue weighted by molar-refractivity contribution is 14.1. The van der Waals surface area contributed by atoms with E-state index in [1.807, 2.05) is 18.2 Å². The number of carbonyl (C=O) groups is 1. The summed E-state index contributed by atoms with van der Waals surface area (Å²) >= 11 is 2.08. The molecule has 3 aromatic rings. The summed E-state index contributed by atoms with van der Waals surface area (Å²) in [5.74, 6) is 0.322. The number of carboxylic acid groups (broad SMARTS) is 1. The van der Waals surface area contributed by atoms with Gasteiger partial charge in [-0.1, -0.05) is 18.2 Å². The fourth-order valence-corrected chi connectivity index (χ4v) is 3.04. The highest BCUT2D eigenvalue weighted by Crippen LogP contribution is 2.17.